The maximum absolute atomic E-state index is 12.8. The van der Waals surface area contributed by atoms with Crippen molar-refractivity contribution in [2.24, 2.45) is 0 Å². The second-order valence-corrected chi connectivity index (χ2v) is 15.4. The molecule has 0 amide bonds. The summed E-state index contributed by atoms with van der Waals surface area (Å²) in [5, 5.41) is 73.1. The summed E-state index contributed by atoms with van der Waals surface area (Å²) in [7, 11) is 0. The van der Waals surface area contributed by atoms with E-state index in [0.717, 1.165) is 97.3 Å². The Bertz CT molecular complexity index is 1170. The predicted octanol–water partition coefficient (Wildman–Crippen LogP) is 2.17. The van der Waals surface area contributed by atoms with E-state index in [9.17, 15) is 49.8 Å². The molecule has 0 spiro atoms. The van der Waals surface area contributed by atoms with E-state index in [1.54, 1.807) is 0 Å². The zero-order valence-corrected chi connectivity index (χ0v) is 34.4. The zero-order valence-electron chi connectivity index (χ0n) is 34.4. The molecule has 0 aromatic heterocycles. The zero-order chi connectivity index (χ0) is 43.0. The van der Waals surface area contributed by atoms with Crippen LogP contribution in [0.1, 0.15) is 136 Å². The van der Waals surface area contributed by atoms with Crippen LogP contribution < -0.4 is 0 Å². The molecule has 0 aromatic carbocycles. The van der Waals surface area contributed by atoms with Crippen LogP contribution in [0.25, 0.3) is 0 Å². The van der Waals surface area contributed by atoms with Gasteiger partial charge in [-0.1, -0.05) is 90.4 Å². The molecule has 0 aromatic rings. The van der Waals surface area contributed by atoms with E-state index >= 15 is 0 Å². The van der Waals surface area contributed by atoms with E-state index in [1.807, 2.05) is 0 Å². The smallest absolute Gasteiger partial charge is 0.306 e. The van der Waals surface area contributed by atoms with Crippen molar-refractivity contribution in [3.8, 4) is 0 Å². The fourth-order valence-corrected chi connectivity index (χ4v) is 6.85. The summed E-state index contributed by atoms with van der Waals surface area (Å²) in [4.78, 5) is 46.7. The molecule has 0 radical (unpaired) electrons. The molecule has 12 atom stereocenters. The minimum absolute atomic E-state index is 0.00885. The van der Waals surface area contributed by atoms with Gasteiger partial charge in [0.05, 0.1) is 25.2 Å². The highest BCUT2D eigenvalue weighted by molar-refractivity contribution is 5.69. The van der Waals surface area contributed by atoms with Gasteiger partial charge in [-0.15, -0.1) is 0 Å². The van der Waals surface area contributed by atoms with Crippen molar-refractivity contribution in [1.82, 2.24) is 0 Å². The third kappa shape index (κ3) is 20.2. The van der Waals surface area contributed by atoms with Crippen LogP contribution in [0, 0.1) is 0 Å². The summed E-state index contributed by atoms with van der Waals surface area (Å²) in [5.41, 5.74) is 0. The van der Waals surface area contributed by atoms with E-state index in [-0.39, 0.29) is 19.4 Å². The lowest BCUT2D eigenvalue weighted by Crippen LogP contribution is -2.65. The summed E-state index contributed by atoms with van der Waals surface area (Å²) in [6.07, 6.45) is -4.29. The lowest BCUT2D eigenvalue weighted by atomic mass is 9.96. The predicted molar refractivity (Wildman–Crippen MR) is 204 cm³/mol. The molecule has 7 N–H and O–H groups in total. The number of carbonyl (C=O) groups excluding carboxylic acids is 3. The Morgan fingerprint density at radius 2 is 1.10 bits per heavy atom. The number of aliphatic hydroxyl groups is 6. The lowest BCUT2D eigenvalue weighted by Gasteiger charge is -2.46. The molecular formula is C40H70O18. The number of unbranched alkanes of at least 4 members (excludes halogenated alkanes) is 12. The van der Waals surface area contributed by atoms with Crippen molar-refractivity contribution in [2.75, 3.05) is 19.8 Å². The molecule has 0 aliphatic carbocycles. The highest BCUT2D eigenvalue weighted by atomic mass is 16.8. The molecule has 2 heterocycles. The van der Waals surface area contributed by atoms with Gasteiger partial charge in [-0.3, -0.25) is 19.2 Å². The third-order valence-corrected chi connectivity index (χ3v) is 10.2. The molecule has 58 heavy (non-hydrogen) atoms. The first-order valence-electron chi connectivity index (χ1n) is 21.0. The Balaban J connectivity index is 1.94. The molecule has 18 heteroatoms. The van der Waals surface area contributed by atoms with Gasteiger partial charge < -0.3 is 68.9 Å². The van der Waals surface area contributed by atoms with Crippen LogP contribution in [0.3, 0.4) is 0 Å². The Morgan fingerprint density at radius 3 is 1.67 bits per heavy atom. The van der Waals surface area contributed by atoms with Crippen LogP contribution in [0.5, 0.6) is 0 Å². The van der Waals surface area contributed by atoms with Gasteiger partial charge >= 0.3 is 23.9 Å². The van der Waals surface area contributed by atoms with Crippen LogP contribution in [-0.4, -0.2) is 153 Å². The fraction of sp³-hybridized carbons (Fsp3) is 0.900. The van der Waals surface area contributed by atoms with Gasteiger partial charge in [0.15, 0.2) is 18.7 Å². The number of aliphatic carboxylic acids is 1. The maximum Gasteiger partial charge on any atom is 0.306 e. The van der Waals surface area contributed by atoms with Gasteiger partial charge in [-0.2, -0.15) is 0 Å². The monoisotopic (exact) mass is 838 g/mol. The quantitative estimate of drug-likeness (QED) is 0.0310. The second-order valence-electron chi connectivity index (χ2n) is 15.4. The molecule has 2 aliphatic rings. The first-order chi connectivity index (χ1) is 27.6. The highest BCUT2D eigenvalue weighted by Crippen LogP contribution is 2.32. The molecule has 338 valence electrons. The third-order valence-electron chi connectivity index (χ3n) is 10.2. The highest BCUT2D eigenvalue weighted by Gasteiger charge is 2.53. The number of carboxylic acid groups (broad SMARTS) is 1. The largest absolute Gasteiger partial charge is 0.481 e. The van der Waals surface area contributed by atoms with E-state index in [1.165, 1.54) is 0 Å². The van der Waals surface area contributed by atoms with Crippen molar-refractivity contribution in [3.05, 3.63) is 0 Å². The maximum atomic E-state index is 12.8. The number of hydrogen-bond acceptors (Lipinski definition) is 17. The van der Waals surface area contributed by atoms with Crippen LogP contribution in [0.15, 0.2) is 0 Å². The van der Waals surface area contributed by atoms with Crippen molar-refractivity contribution >= 4 is 23.9 Å². The lowest BCUT2D eigenvalue weighted by molar-refractivity contribution is -0.361. The summed E-state index contributed by atoms with van der Waals surface area (Å²) in [6.45, 7) is 3.11. The number of carboxylic acids is 1. The number of ether oxygens (including phenoxy) is 7. The van der Waals surface area contributed by atoms with Crippen LogP contribution in [0.4, 0.5) is 0 Å². The first-order valence-corrected chi connectivity index (χ1v) is 21.0. The van der Waals surface area contributed by atoms with Gasteiger partial charge in [-0.25, -0.2) is 0 Å². The van der Waals surface area contributed by atoms with Gasteiger partial charge in [0.1, 0.15) is 55.9 Å². The van der Waals surface area contributed by atoms with Crippen molar-refractivity contribution < 1.29 is 88.1 Å². The Hall–Kier alpha value is -2.52. The minimum Gasteiger partial charge on any atom is -0.481 e. The van der Waals surface area contributed by atoms with E-state index in [4.69, 9.17) is 38.3 Å². The van der Waals surface area contributed by atoms with Crippen molar-refractivity contribution in [2.45, 2.75) is 210 Å². The Morgan fingerprint density at radius 1 is 0.603 bits per heavy atom. The molecular weight excluding hydrogens is 768 g/mol. The van der Waals surface area contributed by atoms with Crippen molar-refractivity contribution in [1.29, 1.82) is 0 Å². The summed E-state index contributed by atoms with van der Waals surface area (Å²) in [6, 6.07) is 0. The summed E-state index contributed by atoms with van der Waals surface area (Å²) < 4.78 is 39.1. The Kier molecular flexibility index (Phi) is 25.7. The number of rotatable bonds is 30. The molecule has 0 bridgehead atoms. The molecule has 2 fully saturated rings. The first kappa shape index (κ1) is 51.6. The number of carbonyl (C=O) groups is 4. The average Bonchev–Trinajstić information content (AvgIpc) is 3.16. The SMILES string of the molecule is CCCCCCCC(=O)OC1C(OC2C(COC(C)=O)OC(OCC(O)CCCCCCCCCCCC(O)CC(=O)O)C(O)C2O)OC(COC(C)=O)C(O)C1O. The summed E-state index contributed by atoms with van der Waals surface area (Å²) in [5.74, 6) is -3.09. The van der Waals surface area contributed by atoms with Gasteiger partial charge in [0.2, 0.25) is 0 Å². The van der Waals surface area contributed by atoms with Gasteiger partial charge in [-0.05, 0) is 19.3 Å². The van der Waals surface area contributed by atoms with E-state index < -0.39 is 111 Å². The topological polar surface area (TPSA) is 274 Å². The standard InChI is InChI=1S/C40H70O18/c1-4-5-6-12-17-20-32(47)57-38-34(49)33(48)29(23-52-25(2)41)55-40(38)58-37-30(24-53-26(3)42)56-39(36(51)35(37)50)54-22-28(44)19-16-14-11-9-7-8-10-13-15-18-27(43)21-31(45)46/h27-30,33-40,43-44,48-51H,4-24H2,1-3H3,(H,45,46). The normalized spacial score (nSPS) is 28.4. The number of aliphatic hydroxyl groups excluding tert-OH is 6. The van der Waals surface area contributed by atoms with Crippen molar-refractivity contribution in [3.63, 3.8) is 0 Å². The second kappa shape index (κ2) is 28.9. The molecule has 18 nitrogen and oxygen atoms in total. The summed E-state index contributed by atoms with van der Waals surface area (Å²) >= 11 is 0. The minimum atomic E-state index is -1.78. The van der Waals surface area contributed by atoms with E-state index in [0.29, 0.717) is 19.3 Å². The number of esters is 3. The van der Waals surface area contributed by atoms with Gasteiger partial charge in [0, 0.05) is 20.3 Å². The molecule has 12 unspecified atom stereocenters. The Labute approximate surface area is 341 Å². The van der Waals surface area contributed by atoms with Crippen LogP contribution in [-0.2, 0) is 52.3 Å². The van der Waals surface area contributed by atoms with E-state index in [2.05, 4.69) is 6.92 Å². The molecule has 2 aliphatic heterocycles. The van der Waals surface area contributed by atoms with Gasteiger partial charge in [0.25, 0.3) is 0 Å². The molecule has 2 saturated heterocycles. The molecule has 2 rings (SSSR count). The van der Waals surface area contributed by atoms with Crippen LogP contribution >= 0.6 is 0 Å². The van der Waals surface area contributed by atoms with Crippen LogP contribution in [0.2, 0.25) is 0 Å². The number of hydrogen-bond donors (Lipinski definition) is 7. The fourth-order valence-electron chi connectivity index (χ4n) is 6.85. The molecule has 0 saturated carbocycles. The average molecular weight is 839 g/mol.